The van der Waals surface area contributed by atoms with Gasteiger partial charge in [0.2, 0.25) is 0 Å². The minimum atomic E-state index is -0.314. The van der Waals surface area contributed by atoms with E-state index in [2.05, 4.69) is 0 Å². The first-order valence-electron chi connectivity index (χ1n) is 11.1. The summed E-state index contributed by atoms with van der Waals surface area (Å²) in [5, 5.41) is 0. The third kappa shape index (κ3) is 5.93. The normalized spacial score (nSPS) is 10.1. The van der Waals surface area contributed by atoms with E-state index >= 15 is 0 Å². The molecule has 0 N–H and O–H groups in total. The summed E-state index contributed by atoms with van der Waals surface area (Å²) in [5.74, 6) is 0.906. The second-order valence-electron chi connectivity index (χ2n) is 7.97. The van der Waals surface area contributed by atoms with Gasteiger partial charge in [-0.1, -0.05) is 7.43 Å². The van der Waals surface area contributed by atoms with Crippen LogP contribution in [0.5, 0.6) is 17.2 Å². The molecule has 0 saturated carbocycles. The molecule has 0 aliphatic heterocycles. The highest BCUT2D eigenvalue weighted by Crippen LogP contribution is 2.23. The van der Waals surface area contributed by atoms with Crippen LogP contribution in [0.3, 0.4) is 0 Å². The summed E-state index contributed by atoms with van der Waals surface area (Å²) >= 11 is 0. The van der Waals surface area contributed by atoms with Crippen molar-refractivity contribution in [3.63, 3.8) is 0 Å². The van der Waals surface area contributed by atoms with Crippen molar-refractivity contribution in [2.45, 2.75) is 7.43 Å². The zero-order valence-electron chi connectivity index (χ0n) is 20.1. The lowest BCUT2D eigenvalue weighted by atomic mass is 9.92. The van der Waals surface area contributed by atoms with Gasteiger partial charge in [0.25, 0.3) is 0 Å². The molecule has 188 valence electrons. The molecular formula is C31H28O6. The fourth-order valence-corrected chi connectivity index (χ4v) is 3.75. The molecular weight excluding hydrogens is 468 g/mol. The number of ether oxygens (including phenoxy) is 3. The van der Waals surface area contributed by atoms with Crippen LogP contribution in [0.15, 0.2) is 91.0 Å². The summed E-state index contributed by atoms with van der Waals surface area (Å²) in [4.78, 5) is 40.0. The highest BCUT2D eigenvalue weighted by Gasteiger charge is 2.19. The average molecular weight is 497 g/mol. The van der Waals surface area contributed by atoms with Crippen molar-refractivity contribution in [3.8, 4) is 17.2 Å². The molecule has 0 aromatic heterocycles. The topological polar surface area (TPSA) is 78.9 Å². The molecule has 4 aromatic carbocycles. The molecule has 0 amide bonds. The molecule has 0 saturated heterocycles. The van der Waals surface area contributed by atoms with E-state index in [1.807, 2.05) is 0 Å². The maximum Gasteiger partial charge on any atom is 0.193 e. The van der Waals surface area contributed by atoms with E-state index < -0.39 is 0 Å². The van der Waals surface area contributed by atoms with Gasteiger partial charge in [0.15, 0.2) is 17.3 Å². The lowest BCUT2D eigenvalue weighted by Gasteiger charge is -2.10. The van der Waals surface area contributed by atoms with Gasteiger partial charge in [0.05, 0.1) is 21.3 Å². The molecule has 6 heteroatoms. The lowest BCUT2D eigenvalue weighted by molar-refractivity contribution is 0.103. The Morgan fingerprint density at radius 2 is 0.622 bits per heavy atom. The molecule has 0 radical (unpaired) electrons. The SMILES string of the molecule is C.COc1ccc(C(=O)c2cc(C(=O)c3ccc(OC)cc3)cc(C(=O)c3ccc(OC)cc3)c2)cc1. The molecule has 0 aliphatic rings. The summed E-state index contributed by atoms with van der Waals surface area (Å²) < 4.78 is 15.5. The Morgan fingerprint density at radius 1 is 0.405 bits per heavy atom. The third-order valence-electron chi connectivity index (χ3n) is 5.78. The van der Waals surface area contributed by atoms with Crippen molar-refractivity contribution in [1.82, 2.24) is 0 Å². The summed E-state index contributed by atoms with van der Waals surface area (Å²) in [6.45, 7) is 0. The maximum absolute atomic E-state index is 13.3. The Morgan fingerprint density at radius 3 is 0.811 bits per heavy atom. The van der Waals surface area contributed by atoms with E-state index in [1.54, 1.807) is 94.1 Å². The molecule has 0 unspecified atom stereocenters. The Kier molecular flexibility index (Phi) is 8.59. The minimum absolute atomic E-state index is 0. The van der Waals surface area contributed by atoms with Crippen LogP contribution >= 0.6 is 0 Å². The number of carbonyl (C=O) groups is 3. The first kappa shape index (κ1) is 26.9. The van der Waals surface area contributed by atoms with Crippen LogP contribution in [0, 0.1) is 0 Å². The largest absolute Gasteiger partial charge is 0.497 e. The third-order valence-corrected chi connectivity index (χ3v) is 5.78. The number of hydrogen-bond donors (Lipinski definition) is 0. The number of methoxy groups -OCH3 is 3. The zero-order chi connectivity index (χ0) is 25.7. The van der Waals surface area contributed by atoms with Gasteiger partial charge in [-0.25, -0.2) is 0 Å². The standard InChI is InChI=1S/C30H24O6.CH4/c1-34-25-10-4-19(5-11-25)28(31)22-16-23(29(32)20-6-12-26(35-2)13-7-20)18-24(17-22)30(33)21-8-14-27(36-3)15-9-21;/h4-18H,1-3H3;1H4. The van der Waals surface area contributed by atoms with Gasteiger partial charge in [-0.05, 0) is 91.0 Å². The van der Waals surface area contributed by atoms with E-state index in [9.17, 15) is 14.4 Å². The Labute approximate surface area is 216 Å². The van der Waals surface area contributed by atoms with Crippen LogP contribution < -0.4 is 14.2 Å². The van der Waals surface area contributed by atoms with Crippen LogP contribution in [-0.2, 0) is 0 Å². The number of carbonyl (C=O) groups excluding carboxylic acids is 3. The van der Waals surface area contributed by atoms with Gasteiger partial charge in [-0.3, -0.25) is 14.4 Å². The zero-order valence-corrected chi connectivity index (χ0v) is 20.1. The van der Waals surface area contributed by atoms with Crippen molar-refractivity contribution in [2.75, 3.05) is 21.3 Å². The molecule has 0 aliphatic carbocycles. The first-order chi connectivity index (χ1) is 17.4. The molecule has 0 heterocycles. The molecule has 0 spiro atoms. The van der Waals surface area contributed by atoms with Crippen LogP contribution in [0.4, 0.5) is 0 Å². The van der Waals surface area contributed by atoms with E-state index in [0.29, 0.717) is 33.9 Å². The number of rotatable bonds is 9. The summed E-state index contributed by atoms with van der Waals surface area (Å²) in [6.07, 6.45) is 0. The lowest BCUT2D eigenvalue weighted by Crippen LogP contribution is -2.10. The van der Waals surface area contributed by atoms with Crippen molar-refractivity contribution in [2.24, 2.45) is 0 Å². The minimum Gasteiger partial charge on any atom is -0.497 e. The predicted molar refractivity (Wildman–Crippen MR) is 142 cm³/mol. The van der Waals surface area contributed by atoms with E-state index in [4.69, 9.17) is 14.2 Å². The Hall–Kier alpha value is -4.71. The van der Waals surface area contributed by atoms with Gasteiger partial charge < -0.3 is 14.2 Å². The summed E-state index contributed by atoms with van der Waals surface area (Å²) in [6, 6.07) is 24.5. The predicted octanol–water partition coefficient (Wildman–Crippen LogP) is 6.04. The highest BCUT2D eigenvalue weighted by atomic mass is 16.5. The average Bonchev–Trinajstić information content (AvgIpc) is 2.95. The van der Waals surface area contributed by atoms with E-state index in [-0.39, 0.29) is 41.5 Å². The van der Waals surface area contributed by atoms with Crippen LogP contribution in [-0.4, -0.2) is 38.7 Å². The van der Waals surface area contributed by atoms with Gasteiger partial charge in [-0.15, -0.1) is 0 Å². The monoisotopic (exact) mass is 496 g/mol. The molecule has 37 heavy (non-hydrogen) atoms. The van der Waals surface area contributed by atoms with Crippen LogP contribution in [0.2, 0.25) is 0 Å². The quantitative estimate of drug-likeness (QED) is 0.263. The van der Waals surface area contributed by atoms with E-state index in [0.717, 1.165) is 0 Å². The molecule has 0 atom stereocenters. The van der Waals surface area contributed by atoms with Gasteiger partial charge in [0.1, 0.15) is 17.2 Å². The van der Waals surface area contributed by atoms with Crippen LogP contribution in [0.25, 0.3) is 0 Å². The highest BCUT2D eigenvalue weighted by molar-refractivity contribution is 6.17. The summed E-state index contributed by atoms with van der Waals surface area (Å²) in [7, 11) is 4.63. The number of ketones is 3. The molecule has 4 aromatic rings. The fourth-order valence-electron chi connectivity index (χ4n) is 3.75. The summed E-state index contributed by atoms with van der Waals surface area (Å²) in [5.41, 5.74) is 1.93. The van der Waals surface area contributed by atoms with Crippen molar-refractivity contribution >= 4 is 17.3 Å². The molecule has 6 nitrogen and oxygen atoms in total. The first-order valence-corrected chi connectivity index (χ1v) is 11.1. The van der Waals surface area contributed by atoms with Gasteiger partial charge in [0, 0.05) is 33.4 Å². The molecule has 0 bridgehead atoms. The van der Waals surface area contributed by atoms with Crippen molar-refractivity contribution in [3.05, 3.63) is 124 Å². The van der Waals surface area contributed by atoms with Gasteiger partial charge >= 0.3 is 0 Å². The Balaban J connectivity index is 0.00000380. The van der Waals surface area contributed by atoms with Gasteiger partial charge in [-0.2, -0.15) is 0 Å². The van der Waals surface area contributed by atoms with E-state index in [1.165, 1.54) is 18.2 Å². The molecule has 0 fully saturated rings. The Bertz CT molecular complexity index is 1210. The second-order valence-corrected chi connectivity index (χ2v) is 7.97. The van der Waals surface area contributed by atoms with Crippen molar-refractivity contribution in [1.29, 1.82) is 0 Å². The number of benzene rings is 4. The van der Waals surface area contributed by atoms with Crippen LogP contribution in [0.1, 0.15) is 55.2 Å². The maximum atomic E-state index is 13.3. The fraction of sp³-hybridized carbons (Fsp3) is 0.129. The second kappa shape index (κ2) is 11.8. The molecule has 4 rings (SSSR count). The number of hydrogen-bond acceptors (Lipinski definition) is 6. The van der Waals surface area contributed by atoms with Crippen molar-refractivity contribution < 1.29 is 28.6 Å². The smallest absolute Gasteiger partial charge is 0.193 e.